The highest BCUT2D eigenvalue weighted by Crippen LogP contribution is 2.28. The Bertz CT molecular complexity index is 1440. The van der Waals surface area contributed by atoms with Crippen LogP contribution in [0.4, 0.5) is 16.3 Å². The number of nitrogens with one attached hydrogen (secondary N) is 1. The first-order chi connectivity index (χ1) is 18.8. The molecule has 1 atom stereocenters. The number of ether oxygens (including phenoxy) is 2. The Labute approximate surface area is 234 Å². The SMILES string of the molecule is CCC(c1cncc(NC(=O)c2c(N)ncn(-c3c(C)cc(OC)cc3C)c2=O)c1)N(CC)C(=O)OC(C)(C)C. The van der Waals surface area contributed by atoms with E-state index in [0.29, 0.717) is 35.7 Å². The number of benzene rings is 1. The normalized spacial score (nSPS) is 12.0. The maximum Gasteiger partial charge on any atom is 0.410 e. The minimum Gasteiger partial charge on any atom is -0.497 e. The van der Waals surface area contributed by atoms with Crippen LogP contribution in [0.3, 0.4) is 0 Å². The molecule has 0 fully saturated rings. The number of carbonyl (C=O) groups is 2. The first kappa shape index (κ1) is 30.1. The van der Waals surface area contributed by atoms with E-state index in [0.717, 1.165) is 11.1 Å². The standard InChI is InChI=1S/C29H38N6O5/c1-9-22(34(10-2)28(38)40-29(5,6)7)19-13-20(15-31-14-19)33-26(36)23-25(30)32-16-35(27(23)37)24-17(3)11-21(39-8)12-18(24)4/h11-16,22H,9-10,30H2,1-8H3,(H,33,36). The Hall–Kier alpha value is -4.41. The molecule has 2 heterocycles. The van der Waals surface area contributed by atoms with Gasteiger partial charge in [0.05, 0.1) is 30.7 Å². The Kier molecular flexibility index (Phi) is 9.18. The minimum atomic E-state index is -0.723. The summed E-state index contributed by atoms with van der Waals surface area (Å²) in [6.07, 6.45) is 4.55. The van der Waals surface area contributed by atoms with Gasteiger partial charge in [-0.2, -0.15) is 0 Å². The molecule has 0 spiro atoms. The summed E-state index contributed by atoms with van der Waals surface area (Å²) in [5, 5.41) is 2.72. The predicted octanol–water partition coefficient (Wildman–Crippen LogP) is 4.80. The van der Waals surface area contributed by atoms with Gasteiger partial charge in [-0.15, -0.1) is 0 Å². The second kappa shape index (κ2) is 12.2. The molecular formula is C29H38N6O5. The molecule has 0 bridgehead atoms. The van der Waals surface area contributed by atoms with Gasteiger partial charge in [0.25, 0.3) is 11.5 Å². The van der Waals surface area contributed by atoms with Crippen molar-refractivity contribution >= 4 is 23.5 Å². The van der Waals surface area contributed by atoms with Gasteiger partial charge in [-0.05, 0) is 82.9 Å². The number of methoxy groups -OCH3 is 1. The van der Waals surface area contributed by atoms with Crippen LogP contribution in [0.25, 0.3) is 5.69 Å². The Morgan fingerprint density at radius 1 is 1.12 bits per heavy atom. The van der Waals surface area contributed by atoms with Crippen molar-refractivity contribution in [3.8, 4) is 11.4 Å². The molecule has 0 aliphatic carbocycles. The van der Waals surface area contributed by atoms with Gasteiger partial charge in [-0.3, -0.25) is 19.1 Å². The van der Waals surface area contributed by atoms with E-state index in [9.17, 15) is 14.4 Å². The summed E-state index contributed by atoms with van der Waals surface area (Å²) >= 11 is 0. The lowest BCUT2D eigenvalue weighted by Crippen LogP contribution is -2.39. The smallest absolute Gasteiger partial charge is 0.410 e. The zero-order valence-corrected chi connectivity index (χ0v) is 24.4. The van der Waals surface area contributed by atoms with Gasteiger partial charge in [0.2, 0.25) is 0 Å². The van der Waals surface area contributed by atoms with E-state index >= 15 is 0 Å². The van der Waals surface area contributed by atoms with Crippen molar-refractivity contribution in [2.45, 2.75) is 66.5 Å². The fourth-order valence-corrected chi connectivity index (χ4v) is 4.59. The van der Waals surface area contributed by atoms with Crippen LogP contribution in [0.15, 0.2) is 41.7 Å². The number of nitrogens with zero attached hydrogens (tertiary/aromatic N) is 4. The van der Waals surface area contributed by atoms with Gasteiger partial charge in [-0.1, -0.05) is 6.92 Å². The number of aromatic nitrogens is 3. The summed E-state index contributed by atoms with van der Waals surface area (Å²) in [5.41, 5.74) is 7.63. The molecule has 0 aliphatic heterocycles. The molecule has 40 heavy (non-hydrogen) atoms. The molecule has 0 saturated carbocycles. The van der Waals surface area contributed by atoms with Gasteiger partial charge in [0, 0.05) is 12.7 Å². The van der Waals surface area contributed by atoms with Crippen molar-refractivity contribution in [3.05, 3.63) is 69.5 Å². The van der Waals surface area contributed by atoms with Crippen LogP contribution in [-0.4, -0.2) is 50.7 Å². The number of nitrogens with two attached hydrogens (primary N) is 1. The fraction of sp³-hybridized carbons (Fsp3) is 0.414. The first-order valence-electron chi connectivity index (χ1n) is 13.1. The lowest BCUT2D eigenvalue weighted by atomic mass is 10.0. The van der Waals surface area contributed by atoms with Crippen LogP contribution in [0.1, 0.15) is 74.1 Å². The van der Waals surface area contributed by atoms with E-state index in [-0.39, 0.29) is 17.4 Å². The molecule has 3 rings (SSSR count). The molecule has 2 aromatic heterocycles. The second-order valence-electron chi connectivity index (χ2n) is 10.4. The fourth-order valence-electron chi connectivity index (χ4n) is 4.59. The summed E-state index contributed by atoms with van der Waals surface area (Å²) in [5.74, 6) is -0.265. The first-order valence-corrected chi connectivity index (χ1v) is 13.1. The summed E-state index contributed by atoms with van der Waals surface area (Å²) in [4.78, 5) is 49.7. The van der Waals surface area contributed by atoms with Crippen molar-refractivity contribution in [2.24, 2.45) is 0 Å². The number of hydrogen-bond donors (Lipinski definition) is 2. The summed E-state index contributed by atoms with van der Waals surface area (Å²) in [6.45, 7) is 13.3. The van der Waals surface area contributed by atoms with E-state index in [1.54, 1.807) is 36.4 Å². The van der Waals surface area contributed by atoms with E-state index in [2.05, 4.69) is 15.3 Å². The van der Waals surface area contributed by atoms with Crippen LogP contribution in [-0.2, 0) is 4.74 Å². The molecule has 0 radical (unpaired) electrons. The van der Waals surface area contributed by atoms with Crippen LogP contribution < -0.4 is 21.3 Å². The van der Waals surface area contributed by atoms with Crippen LogP contribution in [0.5, 0.6) is 5.75 Å². The minimum absolute atomic E-state index is 0.194. The van der Waals surface area contributed by atoms with Gasteiger partial charge in [0.1, 0.15) is 29.1 Å². The number of hydrogen-bond acceptors (Lipinski definition) is 8. The summed E-state index contributed by atoms with van der Waals surface area (Å²) in [7, 11) is 1.57. The highest BCUT2D eigenvalue weighted by Gasteiger charge is 2.28. The number of anilines is 2. The number of nitrogen functional groups attached to an aromatic ring is 1. The number of amides is 2. The molecule has 1 unspecified atom stereocenters. The zero-order chi connectivity index (χ0) is 29.8. The van der Waals surface area contributed by atoms with E-state index < -0.39 is 23.2 Å². The number of carbonyl (C=O) groups excluding carboxylic acids is 2. The predicted molar refractivity (Wildman–Crippen MR) is 154 cm³/mol. The van der Waals surface area contributed by atoms with Gasteiger partial charge < -0.3 is 25.4 Å². The van der Waals surface area contributed by atoms with E-state index in [1.165, 1.54) is 17.1 Å². The Morgan fingerprint density at radius 2 is 1.77 bits per heavy atom. The van der Waals surface area contributed by atoms with Gasteiger partial charge in [-0.25, -0.2) is 9.78 Å². The quantitative estimate of drug-likeness (QED) is 0.408. The topological polar surface area (TPSA) is 142 Å². The lowest BCUT2D eigenvalue weighted by Gasteiger charge is -2.32. The van der Waals surface area contributed by atoms with Crippen LogP contribution >= 0.6 is 0 Å². The maximum absolute atomic E-state index is 13.5. The van der Waals surface area contributed by atoms with Crippen molar-refractivity contribution in [3.63, 3.8) is 0 Å². The Balaban J connectivity index is 1.95. The molecule has 3 N–H and O–H groups in total. The average molecular weight is 551 g/mol. The summed E-state index contributed by atoms with van der Waals surface area (Å²) in [6, 6.07) is 4.96. The van der Waals surface area contributed by atoms with Crippen molar-refractivity contribution < 1.29 is 19.1 Å². The highest BCUT2D eigenvalue weighted by atomic mass is 16.6. The van der Waals surface area contributed by atoms with Crippen molar-refractivity contribution in [2.75, 3.05) is 24.7 Å². The maximum atomic E-state index is 13.5. The third-order valence-corrected chi connectivity index (χ3v) is 6.30. The highest BCUT2D eigenvalue weighted by molar-refractivity contribution is 6.06. The molecule has 11 nitrogen and oxygen atoms in total. The van der Waals surface area contributed by atoms with Crippen LogP contribution in [0, 0.1) is 13.8 Å². The third-order valence-electron chi connectivity index (χ3n) is 6.30. The molecular weight excluding hydrogens is 512 g/mol. The largest absolute Gasteiger partial charge is 0.497 e. The Morgan fingerprint density at radius 3 is 2.33 bits per heavy atom. The third kappa shape index (κ3) is 6.59. The summed E-state index contributed by atoms with van der Waals surface area (Å²) < 4.78 is 12.2. The zero-order valence-electron chi connectivity index (χ0n) is 24.4. The van der Waals surface area contributed by atoms with Crippen molar-refractivity contribution in [1.29, 1.82) is 0 Å². The monoisotopic (exact) mass is 550 g/mol. The van der Waals surface area contributed by atoms with Gasteiger partial charge in [0.15, 0.2) is 0 Å². The van der Waals surface area contributed by atoms with Gasteiger partial charge >= 0.3 is 6.09 Å². The molecule has 0 aliphatic rings. The number of pyridine rings is 1. The lowest BCUT2D eigenvalue weighted by molar-refractivity contribution is 0.0165. The average Bonchev–Trinajstić information content (AvgIpc) is 2.87. The van der Waals surface area contributed by atoms with E-state index in [1.807, 2.05) is 48.5 Å². The van der Waals surface area contributed by atoms with Crippen LogP contribution in [0.2, 0.25) is 0 Å². The second-order valence-corrected chi connectivity index (χ2v) is 10.4. The number of rotatable bonds is 8. The molecule has 2 amide bonds. The molecule has 3 aromatic rings. The molecule has 11 heteroatoms. The van der Waals surface area contributed by atoms with Crippen molar-refractivity contribution in [1.82, 2.24) is 19.4 Å². The molecule has 214 valence electrons. The molecule has 1 aromatic carbocycles. The number of aryl methyl sites for hydroxylation is 2. The molecule has 0 saturated heterocycles. The van der Waals surface area contributed by atoms with E-state index in [4.69, 9.17) is 15.2 Å².